The van der Waals surface area contributed by atoms with Crippen molar-refractivity contribution in [1.82, 2.24) is 4.90 Å². The maximum atomic E-state index is 13.3. The van der Waals surface area contributed by atoms with Crippen molar-refractivity contribution in [3.8, 4) is 5.75 Å². The highest BCUT2D eigenvalue weighted by molar-refractivity contribution is 6.02. The van der Waals surface area contributed by atoms with Crippen molar-refractivity contribution < 1.29 is 14.3 Å². The molecule has 0 bridgehead atoms. The normalized spacial score (nSPS) is 16.0. The molecule has 5 heteroatoms. The third-order valence-electron chi connectivity index (χ3n) is 5.19. The van der Waals surface area contributed by atoms with Gasteiger partial charge in [-0.3, -0.25) is 4.79 Å². The van der Waals surface area contributed by atoms with Gasteiger partial charge in [0.05, 0.1) is 12.7 Å². The van der Waals surface area contributed by atoms with E-state index in [0.29, 0.717) is 18.7 Å². The molecule has 3 aromatic rings. The van der Waals surface area contributed by atoms with E-state index in [1.54, 1.807) is 14.2 Å². The second-order valence-electron chi connectivity index (χ2n) is 6.84. The lowest BCUT2D eigenvalue weighted by atomic mass is 9.97. The second kappa shape index (κ2) is 7.90. The molecule has 28 heavy (non-hydrogen) atoms. The van der Waals surface area contributed by atoms with Crippen molar-refractivity contribution in [2.24, 2.45) is 0 Å². The molecule has 1 heterocycles. The monoisotopic (exact) mass is 376 g/mol. The predicted molar refractivity (Wildman–Crippen MR) is 111 cm³/mol. The molecule has 0 spiro atoms. The lowest BCUT2D eigenvalue weighted by Crippen LogP contribution is -2.43. The summed E-state index contributed by atoms with van der Waals surface area (Å²) in [6.45, 7) is 1.19. The van der Waals surface area contributed by atoms with Crippen LogP contribution in [0.4, 0.5) is 5.69 Å². The third kappa shape index (κ3) is 3.18. The number of methoxy groups -OCH3 is 2. The Bertz CT molecular complexity index is 1000. The summed E-state index contributed by atoms with van der Waals surface area (Å²) in [6.07, 6.45) is 0.440. The molecule has 5 nitrogen and oxygen atoms in total. The fraction of sp³-hybridized carbons (Fsp3) is 0.261. The molecule has 1 aliphatic rings. The van der Waals surface area contributed by atoms with Crippen molar-refractivity contribution in [3.05, 3.63) is 71.8 Å². The van der Waals surface area contributed by atoms with Crippen LogP contribution in [0.15, 0.2) is 60.7 Å². The van der Waals surface area contributed by atoms with Crippen LogP contribution in [0.3, 0.4) is 0 Å². The van der Waals surface area contributed by atoms with Crippen LogP contribution in [-0.2, 0) is 4.74 Å². The molecule has 0 aliphatic carbocycles. The Balaban J connectivity index is 1.86. The highest BCUT2D eigenvalue weighted by atomic mass is 16.5. The Hall–Kier alpha value is -3.05. The van der Waals surface area contributed by atoms with Gasteiger partial charge in [-0.2, -0.15) is 0 Å². The molecule has 1 amide bonds. The molecular weight excluding hydrogens is 352 g/mol. The molecule has 1 N–H and O–H groups in total. The number of para-hydroxylation sites is 1. The van der Waals surface area contributed by atoms with Crippen LogP contribution < -0.4 is 10.1 Å². The van der Waals surface area contributed by atoms with Gasteiger partial charge in [-0.15, -0.1) is 0 Å². The van der Waals surface area contributed by atoms with Gasteiger partial charge in [-0.25, -0.2) is 0 Å². The van der Waals surface area contributed by atoms with Crippen molar-refractivity contribution in [2.75, 3.05) is 32.7 Å². The number of carbonyl (C=O) groups excluding carboxylic acids is 1. The van der Waals surface area contributed by atoms with Gasteiger partial charge < -0.3 is 19.7 Å². The minimum Gasteiger partial charge on any atom is -0.496 e. The number of hydrogen-bond acceptors (Lipinski definition) is 4. The van der Waals surface area contributed by atoms with E-state index in [-0.39, 0.29) is 12.1 Å². The first-order valence-corrected chi connectivity index (χ1v) is 9.45. The van der Waals surface area contributed by atoms with E-state index >= 15 is 0 Å². The van der Waals surface area contributed by atoms with E-state index < -0.39 is 0 Å². The molecule has 0 aromatic heterocycles. The number of benzene rings is 3. The maximum absolute atomic E-state index is 13.3. The van der Waals surface area contributed by atoms with E-state index in [9.17, 15) is 4.79 Å². The minimum absolute atomic E-state index is 0.0189. The average molecular weight is 376 g/mol. The van der Waals surface area contributed by atoms with Crippen LogP contribution in [-0.4, -0.2) is 38.2 Å². The van der Waals surface area contributed by atoms with E-state index in [2.05, 4.69) is 17.4 Å². The first-order valence-electron chi connectivity index (χ1n) is 9.45. The zero-order chi connectivity index (χ0) is 19.5. The molecule has 144 valence electrons. The van der Waals surface area contributed by atoms with Crippen molar-refractivity contribution in [1.29, 1.82) is 0 Å². The smallest absolute Gasteiger partial charge is 0.257 e. The van der Waals surface area contributed by atoms with E-state index in [1.807, 2.05) is 53.4 Å². The molecule has 0 fully saturated rings. The SMILES string of the molecule is COCCCN1C(=O)c2ccccc2NC1c1c(OC)ccc2ccccc12. The summed E-state index contributed by atoms with van der Waals surface area (Å²) in [5.41, 5.74) is 2.51. The summed E-state index contributed by atoms with van der Waals surface area (Å²) >= 11 is 0. The number of hydrogen-bond donors (Lipinski definition) is 1. The lowest BCUT2D eigenvalue weighted by Gasteiger charge is -2.39. The van der Waals surface area contributed by atoms with Crippen LogP contribution in [0, 0.1) is 0 Å². The number of rotatable bonds is 6. The largest absolute Gasteiger partial charge is 0.496 e. The average Bonchev–Trinajstić information content (AvgIpc) is 2.74. The second-order valence-corrected chi connectivity index (χ2v) is 6.84. The number of ether oxygens (including phenoxy) is 2. The quantitative estimate of drug-likeness (QED) is 0.646. The Morgan fingerprint density at radius 1 is 1.00 bits per heavy atom. The highest BCUT2D eigenvalue weighted by Gasteiger charge is 2.34. The molecule has 1 atom stereocenters. The summed E-state index contributed by atoms with van der Waals surface area (Å²) in [5.74, 6) is 0.783. The van der Waals surface area contributed by atoms with Crippen LogP contribution in [0.25, 0.3) is 10.8 Å². The summed E-state index contributed by atoms with van der Waals surface area (Å²) < 4.78 is 10.9. The van der Waals surface area contributed by atoms with Gasteiger partial charge in [0.15, 0.2) is 0 Å². The van der Waals surface area contributed by atoms with Crippen molar-refractivity contribution in [2.45, 2.75) is 12.6 Å². The Labute approximate surface area is 164 Å². The van der Waals surface area contributed by atoms with Crippen LogP contribution in [0.1, 0.15) is 28.5 Å². The number of nitrogens with zero attached hydrogens (tertiary/aromatic N) is 1. The minimum atomic E-state index is -0.319. The Kier molecular flexibility index (Phi) is 5.17. The van der Waals surface area contributed by atoms with Crippen LogP contribution in [0.2, 0.25) is 0 Å². The summed E-state index contributed by atoms with van der Waals surface area (Å²) in [5, 5.41) is 5.76. The molecule has 0 radical (unpaired) electrons. The third-order valence-corrected chi connectivity index (χ3v) is 5.19. The van der Waals surface area contributed by atoms with Gasteiger partial charge in [0.2, 0.25) is 0 Å². The fourth-order valence-corrected chi connectivity index (χ4v) is 3.87. The number of nitrogens with one attached hydrogen (secondary N) is 1. The molecule has 1 unspecified atom stereocenters. The van der Waals surface area contributed by atoms with Gasteiger partial charge >= 0.3 is 0 Å². The fourth-order valence-electron chi connectivity index (χ4n) is 3.87. The van der Waals surface area contributed by atoms with Gasteiger partial charge in [0.1, 0.15) is 11.9 Å². The molecular formula is C23H24N2O3. The lowest BCUT2D eigenvalue weighted by molar-refractivity contribution is 0.0659. The van der Waals surface area contributed by atoms with E-state index in [0.717, 1.165) is 34.2 Å². The van der Waals surface area contributed by atoms with Gasteiger partial charge in [-0.05, 0) is 35.4 Å². The first-order chi connectivity index (χ1) is 13.7. The summed E-state index contributed by atoms with van der Waals surface area (Å²) in [7, 11) is 3.35. The zero-order valence-corrected chi connectivity index (χ0v) is 16.1. The molecule has 0 saturated heterocycles. The predicted octanol–water partition coefficient (Wildman–Crippen LogP) is 4.45. The highest BCUT2D eigenvalue weighted by Crippen LogP contribution is 2.40. The summed E-state index contributed by atoms with van der Waals surface area (Å²) in [4.78, 5) is 15.2. The molecule has 0 saturated carbocycles. The van der Waals surface area contributed by atoms with E-state index in [4.69, 9.17) is 9.47 Å². The summed E-state index contributed by atoms with van der Waals surface area (Å²) in [6, 6.07) is 19.8. The number of amides is 1. The van der Waals surface area contributed by atoms with Crippen molar-refractivity contribution >= 4 is 22.4 Å². The maximum Gasteiger partial charge on any atom is 0.257 e. The molecule has 1 aliphatic heterocycles. The van der Waals surface area contributed by atoms with Gasteiger partial charge in [0, 0.05) is 31.5 Å². The van der Waals surface area contributed by atoms with Crippen LogP contribution in [0.5, 0.6) is 5.75 Å². The first kappa shape index (κ1) is 18.3. The molecule has 3 aromatic carbocycles. The molecule has 4 rings (SSSR count). The van der Waals surface area contributed by atoms with Crippen molar-refractivity contribution in [3.63, 3.8) is 0 Å². The van der Waals surface area contributed by atoms with Crippen LogP contribution >= 0.6 is 0 Å². The standard InChI is InChI=1S/C23H24N2O3/c1-27-15-7-14-25-22(24-19-11-6-5-10-18(19)23(25)26)21-17-9-4-3-8-16(17)12-13-20(21)28-2/h3-6,8-13,22,24H,7,14-15H2,1-2H3. The zero-order valence-electron chi connectivity index (χ0n) is 16.1. The number of fused-ring (bicyclic) bond motifs is 2. The van der Waals surface area contributed by atoms with Gasteiger partial charge in [-0.1, -0.05) is 42.5 Å². The topological polar surface area (TPSA) is 50.8 Å². The van der Waals surface area contributed by atoms with Gasteiger partial charge in [0.25, 0.3) is 5.91 Å². The Morgan fingerprint density at radius 2 is 1.79 bits per heavy atom. The number of anilines is 1. The Morgan fingerprint density at radius 3 is 2.61 bits per heavy atom. The van der Waals surface area contributed by atoms with E-state index in [1.165, 1.54) is 0 Å². The number of carbonyl (C=O) groups is 1.